The van der Waals surface area contributed by atoms with Crippen LogP contribution in [0, 0.1) is 12.8 Å². The molecule has 3 heteroatoms. The van der Waals surface area contributed by atoms with Crippen molar-refractivity contribution in [2.24, 2.45) is 11.7 Å². The Hall–Kier alpha value is -0.800. The van der Waals surface area contributed by atoms with E-state index in [-0.39, 0.29) is 6.10 Å². The van der Waals surface area contributed by atoms with Crippen LogP contribution in [0.15, 0.2) is 10.5 Å². The molecule has 1 aromatic rings. The van der Waals surface area contributed by atoms with Gasteiger partial charge in [0.1, 0.15) is 11.5 Å². The maximum atomic E-state index is 5.73. The van der Waals surface area contributed by atoms with Gasteiger partial charge in [0.15, 0.2) is 0 Å². The van der Waals surface area contributed by atoms with Gasteiger partial charge in [-0.3, -0.25) is 0 Å². The number of aryl methyl sites for hydroxylation is 1. The van der Waals surface area contributed by atoms with Gasteiger partial charge in [-0.05, 0) is 25.8 Å². The van der Waals surface area contributed by atoms with Crippen LogP contribution in [0.25, 0.3) is 0 Å². The summed E-state index contributed by atoms with van der Waals surface area (Å²) in [6.07, 6.45) is 0.264. The predicted octanol–water partition coefficient (Wildman–Crippen LogP) is 2.61. The van der Waals surface area contributed by atoms with Crippen molar-refractivity contribution in [2.45, 2.75) is 47.0 Å². The van der Waals surface area contributed by atoms with Crippen LogP contribution >= 0.6 is 0 Å². The van der Waals surface area contributed by atoms with Crippen LogP contribution in [-0.2, 0) is 17.9 Å². The molecule has 3 nitrogen and oxygen atoms in total. The summed E-state index contributed by atoms with van der Waals surface area (Å²) in [6.45, 7) is 9.38. The van der Waals surface area contributed by atoms with Crippen molar-refractivity contribution < 1.29 is 9.15 Å². The fraction of sp³-hybridized carbons (Fsp3) is 0.667. The first-order chi connectivity index (χ1) is 7.04. The van der Waals surface area contributed by atoms with Crippen LogP contribution in [-0.4, -0.2) is 6.10 Å². The van der Waals surface area contributed by atoms with Gasteiger partial charge in [-0.1, -0.05) is 13.8 Å². The van der Waals surface area contributed by atoms with Gasteiger partial charge in [-0.15, -0.1) is 0 Å². The van der Waals surface area contributed by atoms with E-state index in [9.17, 15) is 0 Å². The predicted molar refractivity (Wildman–Crippen MR) is 60.4 cm³/mol. The van der Waals surface area contributed by atoms with E-state index in [0.717, 1.165) is 17.1 Å². The number of hydrogen-bond donors (Lipinski definition) is 1. The number of ether oxygens (including phenoxy) is 1. The summed E-state index contributed by atoms with van der Waals surface area (Å²) < 4.78 is 11.2. The Morgan fingerprint density at radius 3 is 2.53 bits per heavy atom. The number of furan rings is 1. The van der Waals surface area contributed by atoms with Gasteiger partial charge in [0.05, 0.1) is 19.3 Å². The second-order valence-electron chi connectivity index (χ2n) is 4.26. The first-order valence-corrected chi connectivity index (χ1v) is 5.44. The van der Waals surface area contributed by atoms with E-state index in [1.54, 1.807) is 0 Å². The molecule has 2 N–H and O–H groups in total. The van der Waals surface area contributed by atoms with E-state index >= 15 is 0 Å². The van der Waals surface area contributed by atoms with Crippen molar-refractivity contribution >= 4 is 0 Å². The topological polar surface area (TPSA) is 48.4 Å². The molecular formula is C12H21NO2. The van der Waals surface area contributed by atoms with E-state index < -0.39 is 0 Å². The van der Waals surface area contributed by atoms with Crippen LogP contribution < -0.4 is 5.73 Å². The lowest BCUT2D eigenvalue weighted by Gasteiger charge is -2.15. The molecule has 1 heterocycles. The van der Waals surface area contributed by atoms with E-state index in [0.29, 0.717) is 19.1 Å². The molecule has 0 aliphatic carbocycles. The number of hydrogen-bond acceptors (Lipinski definition) is 3. The Morgan fingerprint density at radius 2 is 2.07 bits per heavy atom. The zero-order chi connectivity index (χ0) is 11.4. The summed E-state index contributed by atoms with van der Waals surface area (Å²) in [7, 11) is 0. The fourth-order valence-electron chi connectivity index (χ4n) is 1.25. The number of rotatable bonds is 5. The van der Waals surface area contributed by atoms with Gasteiger partial charge in [-0.25, -0.2) is 0 Å². The molecule has 1 aromatic heterocycles. The minimum atomic E-state index is 0.264. The first-order valence-electron chi connectivity index (χ1n) is 5.44. The summed E-state index contributed by atoms with van der Waals surface area (Å²) >= 11 is 0. The van der Waals surface area contributed by atoms with Crippen molar-refractivity contribution in [1.82, 2.24) is 0 Å². The second kappa shape index (κ2) is 5.33. The maximum absolute atomic E-state index is 5.73. The summed E-state index contributed by atoms with van der Waals surface area (Å²) in [4.78, 5) is 0. The normalized spacial score (nSPS) is 13.5. The van der Waals surface area contributed by atoms with Crippen LogP contribution in [0.4, 0.5) is 0 Å². The van der Waals surface area contributed by atoms with Crippen molar-refractivity contribution in [1.29, 1.82) is 0 Å². The average molecular weight is 211 g/mol. The Kier molecular flexibility index (Phi) is 4.36. The van der Waals surface area contributed by atoms with Gasteiger partial charge in [-0.2, -0.15) is 0 Å². The molecule has 0 spiro atoms. The van der Waals surface area contributed by atoms with E-state index in [1.807, 2.05) is 13.0 Å². The Balaban J connectivity index is 2.53. The highest BCUT2D eigenvalue weighted by atomic mass is 16.5. The molecule has 1 unspecified atom stereocenters. The second-order valence-corrected chi connectivity index (χ2v) is 4.26. The molecule has 0 aliphatic rings. The highest BCUT2D eigenvalue weighted by Gasteiger charge is 2.10. The van der Waals surface area contributed by atoms with Crippen molar-refractivity contribution in [3.8, 4) is 0 Å². The third-order valence-electron chi connectivity index (χ3n) is 2.71. The Labute approximate surface area is 91.6 Å². The molecule has 0 saturated heterocycles. The minimum Gasteiger partial charge on any atom is -0.465 e. The Morgan fingerprint density at radius 1 is 1.40 bits per heavy atom. The molecule has 86 valence electrons. The summed E-state index contributed by atoms with van der Waals surface area (Å²) in [5, 5.41) is 0. The van der Waals surface area contributed by atoms with Gasteiger partial charge in [0.2, 0.25) is 0 Å². The highest BCUT2D eigenvalue weighted by molar-refractivity contribution is 5.19. The first kappa shape index (κ1) is 12.3. The molecule has 1 rings (SSSR count). The lowest BCUT2D eigenvalue weighted by Crippen LogP contribution is -2.15. The van der Waals surface area contributed by atoms with Crippen LogP contribution in [0.1, 0.15) is 37.9 Å². The molecule has 0 aromatic carbocycles. The minimum absolute atomic E-state index is 0.264. The highest BCUT2D eigenvalue weighted by Crippen LogP contribution is 2.17. The third kappa shape index (κ3) is 3.36. The van der Waals surface area contributed by atoms with Crippen LogP contribution in [0.3, 0.4) is 0 Å². The van der Waals surface area contributed by atoms with E-state index in [4.69, 9.17) is 14.9 Å². The molecule has 0 saturated carbocycles. The SMILES string of the molecule is Cc1oc(CN)cc1COC(C)C(C)C. The molecule has 15 heavy (non-hydrogen) atoms. The zero-order valence-electron chi connectivity index (χ0n) is 10.0. The lowest BCUT2D eigenvalue weighted by atomic mass is 10.1. The van der Waals surface area contributed by atoms with Crippen LogP contribution in [0.2, 0.25) is 0 Å². The quantitative estimate of drug-likeness (QED) is 0.814. The summed E-state index contributed by atoms with van der Waals surface area (Å²) in [5.74, 6) is 2.26. The van der Waals surface area contributed by atoms with Crippen molar-refractivity contribution in [3.05, 3.63) is 23.2 Å². The lowest BCUT2D eigenvalue weighted by molar-refractivity contribution is 0.0230. The van der Waals surface area contributed by atoms with Gasteiger partial charge in [0.25, 0.3) is 0 Å². The van der Waals surface area contributed by atoms with Gasteiger partial charge in [0, 0.05) is 5.56 Å². The largest absolute Gasteiger partial charge is 0.465 e. The molecular weight excluding hydrogens is 190 g/mol. The Bertz CT molecular complexity index is 305. The van der Waals surface area contributed by atoms with E-state index in [1.165, 1.54) is 0 Å². The smallest absolute Gasteiger partial charge is 0.118 e. The summed E-state index contributed by atoms with van der Waals surface area (Å²) in [5.41, 5.74) is 6.60. The molecule has 0 radical (unpaired) electrons. The third-order valence-corrected chi connectivity index (χ3v) is 2.71. The zero-order valence-corrected chi connectivity index (χ0v) is 10.0. The van der Waals surface area contributed by atoms with Crippen molar-refractivity contribution in [3.63, 3.8) is 0 Å². The fourth-order valence-corrected chi connectivity index (χ4v) is 1.25. The molecule has 1 atom stereocenters. The molecule has 0 amide bonds. The molecule has 0 fully saturated rings. The monoisotopic (exact) mass is 211 g/mol. The maximum Gasteiger partial charge on any atom is 0.118 e. The summed E-state index contributed by atoms with van der Waals surface area (Å²) in [6, 6.07) is 1.97. The van der Waals surface area contributed by atoms with Gasteiger partial charge < -0.3 is 14.9 Å². The van der Waals surface area contributed by atoms with Crippen molar-refractivity contribution in [2.75, 3.05) is 0 Å². The molecule has 0 aliphatic heterocycles. The molecule has 0 bridgehead atoms. The average Bonchev–Trinajstić information content (AvgIpc) is 2.55. The standard InChI is InChI=1S/C12H21NO2/c1-8(2)9(3)14-7-11-5-12(6-13)15-10(11)4/h5,8-9H,6-7,13H2,1-4H3. The van der Waals surface area contributed by atoms with Crippen LogP contribution in [0.5, 0.6) is 0 Å². The number of nitrogens with two attached hydrogens (primary N) is 1. The van der Waals surface area contributed by atoms with E-state index in [2.05, 4.69) is 20.8 Å². The van der Waals surface area contributed by atoms with Gasteiger partial charge >= 0.3 is 0 Å².